The monoisotopic (exact) mass is 454 g/mol. The van der Waals surface area contributed by atoms with Crippen molar-refractivity contribution in [2.24, 2.45) is 5.92 Å². The molecule has 33 heavy (non-hydrogen) atoms. The molecule has 1 aromatic carbocycles. The highest BCUT2D eigenvalue weighted by molar-refractivity contribution is 5.84. The first-order valence-electron chi connectivity index (χ1n) is 12.5. The van der Waals surface area contributed by atoms with Gasteiger partial charge in [-0.1, -0.05) is 83.2 Å². The lowest BCUT2D eigenvalue weighted by atomic mass is 10.1. The first kappa shape index (κ1) is 26.7. The van der Waals surface area contributed by atoms with Crippen molar-refractivity contribution in [1.29, 1.82) is 0 Å². The Labute approximate surface area is 200 Å². The average molecular weight is 455 g/mol. The number of furan rings is 1. The predicted octanol–water partition coefficient (Wildman–Crippen LogP) is 6.35. The zero-order valence-electron chi connectivity index (χ0n) is 21.0. The van der Waals surface area contributed by atoms with E-state index in [1.54, 1.807) is 9.80 Å². The van der Waals surface area contributed by atoms with Crippen LogP contribution in [0.25, 0.3) is 0 Å². The Balaban J connectivity index is 2.03. The van der Waals surface area contributed by atoms with Gasteiger partial charge in [-0.15, -0.1) is 0 Å². The number of hydrogen-bond acceptors (Lipinski definition) is 3. The lowest BCUT2D eigenvalue weighted by Gasteiger charge is -2.28. The molecule has 0 radical (unpaired) electrons. The molecule has 2 amide bonds. The molecule has 1 heterocycles. The molecule has 0 bridgehead atoms. The van der Waals surface area contributed by atoms with E-state index in [1.165, 1.54) is 25.7 Å². The quantitative estimate of drug-likeness (QED) is 0.295. The van der Waals surface area contributed by atoms with Crippen molar-refractivity contribution in [3.8, 4) is 0 Å². The number of unbranched alkanes of at least 4 members (excludes halogenated alkanes) is 5. The molecule has 5 heteroatoms. The first-order valence-corrected chi connectivity index (χ1v) is 12.5. The molecule has 0 fully saturated rings. The Morgan fingerprint density at radius 3 is 2.18 bits per heavy atom. The summed E-state index contributed by atoms with van der Waals surface area (Å²) in [6, 6.07) is 13.8. The minimum atomic E-state index is -0.0511. The van der Waals surface area contributed by atoms with Gasteiger partial charge >= 0.3 is 0 Å². The summed E-state index contributed by atoms with van der Waals surface area (Å²) in [5.41, 5.74) is 1.06. The maximum absolute atomic E-state index is 13.4. The van der Waals surface area contributed by atoms with Crippen molar-refractivity contribution < 1.29 is 14.0 Å². The Kier molecular flexibility index (Phi) is 11.8. The average Bonchev–Trinajstić information content (AvgIpc) is 3.20. The van der Waals surface area contributed by atoms with Gasteiger partial charge in [0.05, 0.1) is 13.1 Å². The Bertz CT molecular complexity index is 829. The van der Waals surface area contributed by atoms with Crippen LogP contribution in [0, 0.1) is 12.8 Å². The van der Waals surface area contributed by atoms with Gasteiger partial charge in [0.2, 0.25) is 11.8 Å². The summed E-state index contributed by atoms with van der Waals surface area (Å²) < 4.78 is 5.74. The number of hydrogen-bond donors (Lipinski definition) is 0. The van der Waals surface area contributed by atoms with Gasteiger partial charge < -0.3 is 14.2 Å². The Morgan fingerprint density at radius 2 is 1.55 bits per heavy atom. The van der Waals surface area contributed by atoms with E-state index in [0.29, 0.717) is 32.0 Å². The van der Waals surface area contributed by atoms with Crippen LogP contribution in [0.3, 0.4) is 0 Å². The molecule has 0 aliphatic heterocycles. The van der Waals surface area contributed by atoms with Gasteiger partial charge in [0.25, 0.3) is 0 Å². The van der Waals surface area contributed by atoms with E-state index in [2.05, 4.69) is 20.8 Å². The molecule has 5 nitrogen and oxygen atoms in total. The van der Waals surface area contributed by atoms with Gasteiger partial charge in [-0.05, 0) is 37.0 Å². The first-order chi connectivity index (χ1) is 15.9. The van der Waals surface area contributed by atoms with Crippen LogP contribution in [0.4, 0.5) is 0 Å². The van der Waals surface area contributed by atoms with Crippen molar-refractivity contribution >= 4 is 11.8 Å². The van der Waals surface area contributed by atoms with Crippen molar-refractivity contribution in [2.45, 2.75) is 85.7 Å². The van der Waals surface area contributed by atoms with Gasteiger partial charge in [-0.3, -0.25) is 9.59 Å². The predicted molar refractivity (Wildman–Crippen MR) is 134 cm³/mol. The van der Waals surface area contributed by atoms with Crippen LogP contribution in [0.15, 0.2) is 46.9 Å². The van der Waals surface area contributed by atoms with E-state index < -0.39 is 0 Å². The fourth-order valence-corrected chi connectivity index (χ4v) is 3.97. The molecule has 2 rings (SSSR count). The number of amides is 2. The van der Waals surface area contributed by atoms with Crippen molar-refractivity contribution in [3.05, 3.63) is 59.5 Å². The topological polar surface area (TPSA) is 53.8 Å². The summed E-state index contributed by atoms with van der Waals surface area (Å²) in [5, 5.41) is 0. The molecule has 0 N–H and O–H groups in total. The van der Waals surface area contributed by atoms with E-state index in [4.69, 9.17) is 4.42 Å². The smallest absolute Gasteiger partial charge is 0.242 e. The van der Waals surface area contributed by atoms with Gasteiger partial charge in [0, 0.05) is 19.5 Å². The fourth-order valence-electron chi connectivity index (χ4n) is 3.97. The lowest BCUT2D eigenvalue weighted by molar-refractivity contribution is -0.141. The van der Waals surface area contributed by atoms with Crippen molar-refractivity contribution in [3.63, 3.8) is 0 Å². The van der Waals surface area contributed by atoms with Crippen LogP contribution in [0.2, 0.25) is 0 Å². The van der Waals surface area contributed by atoms with Crippen LogP contribution < -0.4 is 0 Å². The third-order valence-corrected chi connectivity index (χ3v) is 5.72. The van der Waals surface area contributed by atoms with Crippen molar-refractivity contribution in [1.82, 2.24) is 9.80 Å². The molecule has 0 saturated heterocycles. The second kappa shape index (κ2) is 14.6. The maximum atomic E-state index is 13.4. The van der Waals surface area contributed by atoms with Crippen LogP contribution >= 0.6 is 0 Å². The number of nitrogens with zero attached hydrogens (tertiary/aromatic N) is 2. The highest BCUT2D eigenvalue weighted by atomic mass is 16.3. The molecule has 0 atom stereocenters. The number of carbonyl (C=O) groups is 2. The van der Waals surface area contributed by atoms with Gasteiger partial charge in [0.1, 0.15) is 11.5 Å². The number of aryl methyl sites for hydroxylation is 1. The molecule has 0 unspecified atom stereocenters. The largest absolute Gasteiger partial charge is 0.464 e. The summed E-state index contributed by atoms with van der Waals surface area (Å²) in [5.74, 6) is 1.92. The number of rotatable bonds is 15. The van der Waals surface area contributed by atoms with Gasteiger partial charge in [-0.2, -0.15) is 0 Å². The summed E-state index contributed by atoms with van der Waals surface area (Å²) in [4.78, 5) is 29.9. The molecule has 2 aromatic rings. The van der Waals surface area contributed by atoms with Crippen molar-refractivity contribution in [2.75, 3.05) is 13.1 Å². The Hall–Kier alpha value is -2.56. The van der Waals surface area contributed by atoms with E-state index in [0.717, 1.165) is 29.9 Å². The number of benzene rings is 1. The number of carbonyl (C=O) groups excluding carboxylic acids is 2. The summed E-state index contributed by atoms with van der Waals surface area (Å²) >= 11 is 0. The summed E-state index contributed by atoms with van der Waals surface area (Å²) in [7, 11) is 0. The molecule has 182 valence electrons. The third kappa shape index (κ3) is 10.3. The maximum Gasteiger partial charge on any atom is 0.242 e. The standard InChI is InChI=1S/C28H42N2O3/c1-5-6-7-8-9-13-16-27(31)29(19-23(2)3)22-28(32)30(20-25-14-11-10-12-15-25)21-26-18-17-24(4)33-26/h10-12,14-15,17-18,23H,5-9,13,16,19-22H2,1-4H3. The normalized spacial score (nSPS) is 11.1. The van der Waals surface area contributed by atoms with Crippen LogP contribution in [0.5, 0.6) is 0 Å². The van der Waals surface area contributed by atoms with Gasteiger partial charge in [-0.25, -0.2) is 0 Å². The zero-order chi connectivity index (χ0) is 24.1. The molecule has 1 aromatic heterocycles. The summed E-state index contributed by atoms with van der Waals surface area (Å²) in [6.45, 7) is 9.87. The SMILES string of the molecule is CCCCCCCCC(=O)N(CC(=O)N(Cc1ccccc1)Cc1ccc(C)o1)CC(C)C. The molecule has 0 saturated carbocycles. The minimum absolute atomic E-state index is 0.0511. The lowest BCUT2D eigenvalue weighted by Crippen LogP contribution is -2.43. The minimum Gasteiger partial charge on any atom is -0.464 e. The molecular weight excluding hydrogens is 412 g/mol. The van der Waals surface area contributed by atoms with Gasteiger partial charge in [0.15, 0.2) is 0 Å². The second-order valence-corrected chi connectivity index (χ2v) is 9.43. The second-order valence-electron chi connectivity index (χ2n) is 9.43. The summed E-state index contributed by atoms with van der Waals surface area (Å²) in [6.07, 6.45) is 7.38. The van der Waals surface area contributed by atoms with Crippen LogP contribution in [-0.4, -0.2) is 34.7 Å². The molecule has 0 aliphatic carbocycles. The fraction of sp³-hybridized carbons (Fsp3) is 0.571. The third-order valence-electron chi connectivity index (χ3n) is 5.72. The zero-order valence-corrected chi connectivity index (χ0v) is 21.0. The Morgan fingerprint density at radius 1 is 0.848 bits per heavy atom. The molecular formula is C28H42N2O3. The van der Waals surface area contributed by atoms with E-state index in [-0.39, 0.29) is 18.4 Å². The highest BCUT2D eigenvalue weighted by Gasteiger charge is 2.23. The molecule has 0 spiro atoms. The highest BCUT2D eigenvalue weighted by Crippen LogP contribution is 2.15. The van der Waals surface area contributed by atoms with Crippen LogP contribution in [0.1, 0.15) is 82.8 Å². The van der Waals surface area contributed by atoms with E-state index >= 15 is 0 Å². The van der Waals surface area contributed by atoms with E-state index in [1.807, 2.05) is 49.4 Å². The van der Waals surface area contributed by atoms with Crippen LogP contribution in [-0.2, 0) is 22.7 Å². The van der Waals surface area contributed by atoms with E-state index in [9.17, 15) is 9.59 Å². The molecule has 0 aliphatic rings.